The molecule has 0 bridgehead atoms. The van der Waals surface area contributed by atoms with Crippen LogP contribution in [0.1, 0.15) is 31.4 Å². The maximum absolute atomic E-state index is 13.6. The van der Waals surface area contributed by atoms with Crippen LogP contribution in [0.3, 0.4) is 0 Å². The minimum Gasteiger partial charge on any atom is -0.488 e. The van der Waals surface area contributed by atoms with E-state index in [1.165, 1.54) is 13.0 Å². The van der Waals surface area contributed by atoms with Gasteiger partial charge in [0.1, 0.15) is 17.7 Å². The highest BCUT2D eigenvalue weighted by Crippen LogP contribution is 2.23. The molecule has 0 aromatic heterocycles. The van der Waals surface area contributed by atoms with Crippen molar-refractivity contribution in [2.75, 3.05) is 13.2 Å². The summed E-state index contributed by atoms with van der Waals surface area (Å²) in [6, 6.07) is 4.55. The van der Waals surface area contributed by atoms with Crippen LogP contribution in [0.25, 0.3) is 0 Å². The lowest BCUT2D eigenvalue weighted by Gasteiger charge is -2.23. The number of aliphatic hydroxyl groups is 1. The molecule has 17 heavy (non-hydrogen) atoms. The third kappa shape index (κ3) is 3.17. The van der Waals surface area contributed by atoms with Gasteiger partial charge < -0.3 is 14.6 Å². The zero-order chi connectivity index (χ0) is 12.3. The Bertz CT molecular complexity index is 373. The van der Waals surface area contributed by atoms with Crippen LogP contribution in [0.4, 0.5) is 4.39 Å². The molecule has 1 aliphatic rings. The van der Waals surface area contributed by atoms with Crippen LogP contribution < -0.4 is 4.74 Å². The van der Waals surface area contributed by atoms with E-state index >= 15 is 0 Å². The maximum atomic E-state index is 13.6. The summed E-state index contributed by atoms with van der Waals surface area (Å²) in [5.74, 6) is 0.0524. The first-order valence-corrected chi connectivity index (χ1v) is 5.88. The second kappa shape index (κ2) is 5.47. The number of benzene rings is 1. The number of aliphatic hydroxyl groups excluding tert-OH is 1. The first kappa shape index (κ1) is 12.3. The van der Waals surface area contributed by atoms with Crippen LogP contribution >= 0.6 is 0 Å². The third-order valence-electron chi connectivity index (χ3n) is 2.84. The van der Waals surface area contributed by atoms with Gasteiger partial charge in [-0.2, -0.15) is 0 Å². The third-order valence-corrected chi connectivity index (χ3v) is 2.84. The molecule has 1 saturated heterocycles. The van der Waals surface area contributed by atoms with E-state index in [0.717, 1.165) is 19.4 Å². The maximum Gasteiger partial charge on any atom is 0.132 e. The van der Waals surface area contributed by atoms with E-state index in [9.17, 15) is 9.50 Å². The molecule has 2 rings (SSSR count). The van der Waals surface area contributed by atoms with Crippen molar-refractivity contribution < 1.29 is 19.0 Å². The van der Waals surface area contributed by atoms with E-state index in [1.54, 1.807) is 12.1 Å². The lowest BCUT2D eigenvalue weighted by Crippen LogP contribution is -2.28. The highest BCUT2D eigenvalue weighted by Gasteiger charge is 2.16. The van der Waals surface area contributed by atoms with Crippen LogP contribution in [-0.4, -0.2) is 24.4 Å². The van der Waals surface area contributed by atoms with Gasteiger partial charge in [-0.25, -0.2) is 4.39 Å². The normalized spacial score (nSPS) is 22.2. The van der Waals surface area contributed by atoms with Crippen molar-refractivity contribution >= 4 is 0 Å². The molecule has 2 unspecified atom stereocenters. The number of ether oxygens (including phenoxy) is 2. The van der Waals surface area contributed by atoms with Crippen molar-refractivity contribution in [1.29, 1.82) is 0 Å². The Labute approximate surface area is 100 Å². The summed E-state index contributed by atoms with van der Waals surface area (Å²) in [6.07, 6.45) is 1.10. The van der Waals surface area contributed by atoms with Crippen molar-refractivity contribution in [2.45, 2.75) is 32.0 Å². The van der Waals surface area contributed by atoms with Gasteiger partial charge >= 0.3 is 0 Å². The molecule has 0 aliphatic carbocycles. The van der Waals surface area contributed by atoms with E-state index < -0.39 is 11.9 Å². The molecular formula is C13H17FO3. The van der Waals surface area contributed by atoms with Crippen LogP contribution in [-0.2, 0) is 4.74 Å². The van der Waals surface area contributed by atoms with Crippen LogP contribution in [0, 0.1) is 5.82 Å². The van der Waals surface area contributed by atoms with Crippen molar-refractivity contribution in [1.82, 2.24) is 0 Å². The topological polar surface area (TPSA) is 38.7 Å². The van der Waals surface area contributed by atoms with Gasteiger partial charge in [-0.05, 0) is 31.9 Å². The van der Waals surface area contributed by atoms with Crippen molar-refractivity contribution in [2.24, 2.45) is 0 Å². The zero-order valence-electron chi connectivity index (χ0n) is 9.86. The highest BCUT2D eigenvalue weighted by atomic mass is 19.1. The fourth-order valence-electron chi connectivity index (χ4n) is 1.92. The number of halogens is 1. The second-order valence-corrected chi connectivity index (χ2v) is 4.32. The summed E-state index contributed by atoms with van der Waals surface area (Å²) in [5, 5.41) is 9.32. The minimum absolute atomic E-state index is 0.000509. The Balaban J connectivity index is 2.04. The molecule has 1 aromatic carbocycles. The van der Waals surface area contributed by atoms with E-state index in [-0.39, 0.29) is 11.7 Å². The van der Waals surface area contributed by atoms with Gasteiger partial charge in [-0.3, -0.25) is 0 Å². The Morgan fingerprint density at radius 1 is 1.53 bits per heavy atom. The minimum atomic E-state index is -0.804. The van der Waals surface area contributed by atoms with Crippen molar-refractivity contribution in [3.05, 3.63) is 29.6 Å². The molecular weight excluding hydrogens is 223 g/mol. The van der Waals surface area contributed by atoms with Gasteiger partial charge in [0.2, 0.25) is 0 Å². The summed E-state index contributed by atoms with van der Waals surface area (Å²) < 4.78 is 24.5. The first-order chi connectivity index (χ1) is 8.16. The fraction of sp³-hybridized carbons (Fsp3) is 0.538. The average molecular weight is 240 g/mol. The molecule has 0 spiro atoms. The second-order valence-electron chi connectivity index (χ2n) is 4.32. The number of rotatable bonds is 3. The molecule has 1 N–H and O–H groups in total. The molecule has 1 aliphatic heterocycles. The van der Waals surface area contributed by atoms with Gasteiger partial charge in [0.15, 0.2) is 0 Å². The molecule has 94 valence electrons. The number of hydrogen-bond acceptors (Lipinski definition) is 3. The molecule has 3 nitrogen and oxygen atoms in total. The quantitative estimate of drug-likeness (QED) is 0.882. The molecule has 0 saturated carbocycles. The monoisotopic (exact) mass is 240 g/mol. The molecule has 1 aromatic rings. The van der Waals surface area contributed by atoms with Gasteiger partial charge in [-0.15, -0.1) is 0 Å². The Morgan fingerprint density at radius 2 is 2.35 bits per heavy atom. The molecule has 4 heteroatoms. The van der Waals surface area contributed by atoms with E-state index in [0.29, 0.717) is 12.4 Å². The van der Waals surface area contributed by atoms with Crippen LogP contribution in [0.5, 0.6) is 5.75 Å². The predicted molar refractivity (Wildman–Crippen MR) is 61.5 cm³/mol. The van der Waals surface area contributed by atoms with Crippen LogP contribution in [0.15, 0.2) is 18.2 Å². The predicted octanol–water partition coefficient (Wildman–Crippen LogP) is 2.44. The molecule has 1 fully saturated rings. The average Bonchev–Trinajstić information content (AvgIpc) is 2.30. The highest BCUT2D eigenvalue weighted by molar-refractivity contribution is 5.30. The molecule has 0 radical (unpaired) electrons. The number of hydrogen-bond donors (Lipinski definition) is 1. The largest absolute Gasteiger partial charge is 0.488 e. The summed E-state index contributed by atoms with van der Waals surface area (Å²) in [6.45, 7) is 2.86. The van der Waals surface area contributed by atoms with Crippen LogP contribution in [0.2, 0.25) is 0 Å². The lowest BCUT2D eigenvalue weighted by atomic mass is 10.1. The Morgan fingerprint density at radius 3 is 2.94 bits per heavy atom. The molecule has 1 heterocycles. The Hall–Kier alpha value is -1.13. The molecule has 2 atom stereocenters. The summed E-state index contributed by atoms with van der Waals surface area (Å²) in [7, 11) is 0. The summed E-state index contributed by atoms with van der Waals surface area (Å²) >= 11 is 0. The summed E-state index contributed by atoms with van der Waals surface area (Å²) in [5.41, 5.74) is 0.289. The van der Waals surface area contributed by atoms with Gasteiger partial charge in [0.05, 0.1) is 12.7 Å². The SMILES string of the molecule is CC(O)c1ccc(OC2CCCOC2)cc1F. The van der Waals surface area contributed by atoms with Gasteiger partial charge in [-0.1, -0.05) is 0 Å². The molecule has 0 amide bonds. The Kier molecular flexibility index (Phi) is 3.97. The lowest BCUT2D eigenvalue weighted by molar-refractivity contribution is 0.00727. The van der Waals surface area contributed by atoms with Crippen molar-refractivity contribution in [3.63, 3.8) is 0 Å². The van der Waals surface area contributed by atoms with Gasteiger partial charge in [0, 0.05) is 18.2 Å². The first-order valence-electron chi connectivity index (χ1n) is 5.88. The zero-order valence-corrected chi connectivity index (χ0v) is 9.86. The standard InChI is InChI=1S/C13H17FO3/c1-9(15)12-5-4-10(7-13(12)14)17-11-3-2-6-16-8-11/h4-5,7,9,11,15H,2-3,6,8H2,1H3. The van der Waals surface area contributed by atoms with Crippen molar-refractivity contribution in [3.8, 4) is 5.75 Å². The fourth-order valence-corrected chi connectivity index (χ4v) is 1.92. The summed E-state index contributed by atoms with van der Waals surface area (Å²) in [4.78, 5) is 0. The van der Waals surface area contributed by atoms with E-state index in [4.69, 9.17) is 9.47 Å². The van der Waals surface area contributed by atoms with E-state index in [2.05, 4.69) is 0 Å². The van der Waals surface area contributed by atoms with E-state index in [1.807, 2.05) is 0 Å². The van der Waals surface area contributed by atoms with Gasteiger partial charge in [0.25, 0.3) is 0 Å². The smallest absolute Gasteiger partial charge is 0.132 e.